The van der Waals surface area contributed by atoms with Gasteiger partial charge in [0.05, 0.1) is 5.69 Å². The van der Waals surface area contributed by atoms with Gasteiger partial charge in [0.1, 0.15) is 11.3 Å². The van der Waals surface area contributed by atoms with Crippen molar-refractivity contribution in [2.24, 2.45) is 0 Å². The highest BCUT2D eigenvalue weighted by atomic mass is 16.4. The molecular weight excluding hydrogens is 432 g/mol. The van der Waals surface area contributed by atoms with Crippen LogP contribution in [0.25, 0.3) is 22.3 Å². The molecule has 0 saturated carbocycles. The molecule has 0 bridgehead atoms. The number of fused-ring (bicyclic) bond motifs is 1. The number of aromatic nitrogens is 1. The number of para-hydroxylation sites is 1. The van der Waals surface area contributed by atoms with Crippen LogP contribution in [0.2, 0.25) is 0 Å². The minimum atomic E-state index is -0.860. The summed E-state index contributed by atoms with van der Waals surface area (Å²) in [6, 6.07) is 19.0. The van der Waals surface area contributed by atoms with Crippen molar-refractivity contribution in [3.8, 4) is 11.3 Å². The summed E-state index contributed by atoms with van der Waals surface area (Å²) in [5.74, 6) is 0.462. The lowest BCUT2D eigenvalue weighted by Gasteiger charge is -2.33. The van der Waals surface area contributed by atoms with E-state index in [1.807, 2.05) is 42.5 Å². The number of benzene rings is 2. The molecule has 34 heavy (non-hydrogen) atoms. The van der Waals surface area contributed by atoms with Crippen LogP contribution in [-0.2, 0) is 6.54 Å². The van der Waals surface area contributed by atoms with E-state index in [1.165, 1.54) is 4.90 Å². The molecule has 4 aromatic rings. The third-order valence-corrected chi connectivity index (χ3v) is 6.02. The fourth-order valence-corrected chi connectivity index (χ4v) is 4.17. The second kappa shape index (κ2) is 9.36. The highest BCUT2D eigenvalue weighted by Gasteiger charge is 2.20. The van der Waals surface area contributed by atoms with Gasteiger partial charge in [-0.2, -0.15) is 0 Å². The number of furan rings is 1. The number of pyridine rings is 1. The zero-order valence-electron chi connectivity index (χ0n) is 18.5. The van der Waals surface area contributed by atoms with E-state index in [0.717, 1.165) is 28.6 Å². The second-order valence-corrected chi connectivity index (χ2v) is 8.26. The summed E-state index contributed by atoms with van der Waals surface area (Å²) >= 11 is 0. The van der Waals surface area contributed by atoms with Crippen molar-refractivity contribution >= 4 is 28.7 Å². The molecule has 1 fully saturated rings. The van der Waals surface area contributed by atoms with Gasteiger partial charge < -0.3 is 19.7 Å². The van der Waals surface area contributed by atoms with E-state index in [9.17, 15) is 9.59 Å². The first-order valence-corrected chi connectivity index (χ1v) is 11.1. The average molecular weight is 457 g/mol. The molecule has 8 heteroatoms. The largest absolute Gasteiger partial charge is 0.465 e. The highest BCUT2D eigenvalue weighted by molar-refractivity contribution is 6.06. The van der Waals surface area contributed by atoms with Gasteiger partial charge in [-0.25, -0.2) is 4.79 Å². The van der Waals surface area contributed by atoms with Gasteiger partial charge in [-0.15, -0.1) is 0 Å². The number of piperazine rings is 1. The number of anilines is 1. The van der Waals surface area contributed by atoms with Crippen molar-refractivity contribution in [3.63, 3.8) is 0 Å². The van der Waals surface area contributed by atoms with Gasteiger partial charge in [-0.1, -0.05) is 24.3 Å². The summed E-state index contributed by atoms with van der Waals surface area (Å²) < 4.78 is 6.19. The third-order valence-electron chi connectivity index (χ3n) is 6.02. The quantitative estimate of drug-likeness (QED) is 0.457. The molecule has 2 aromatic carbocycles. The van der Waals surface area contributed by atoms with Crippen molar-refractivity contribution < 1.29 is 19.1 Å². The molecule has 0 radical (unpaired) electrons. The molecule has 2 N–H and O–H groups in total. The van der Waals surface area contributed by atoms with Crippen LogP contribution in [0.4, 0.5) is 10.5 Å². The minimum absolute atomic E-state index is 0.212. The standard InChI is InChI=1S/C26H24N4O4/c31-25(19-7-9-27-10-8-19)28-22-4-2-1-3-21(22)24-16-20-6-5-18(15-23(20)34-24)17-29-11-13-30(14-12-29)26(32)33/h1-10,15-16H,11-14,17H2,(H,28,31)(H,32,33). The van der Waals surface area contributed by atoms with Gasteiger partial charge in [0.2, 0.25) is 0 Å². The van der Waals surface area contributed by atoms with Gasteiger partial charge in [-0.3, -0.25) is 14.7 Å². The molecule has 0 unspecified atom stereocenters. The SMILES string of the molecule is O=C(Nc1ccccc1-c1cc2ccc(CN3CCN(C(=O)O)CC3)cc2o1)c1ccncc1. The van der Waals surface area contributed by atoms with Crippen molar-refractivity contribution in [1.29, 1.82) is 0 Å². The predicted molar refractivity (Wildman–Crippen MR) is 129 cm³/mol. The fraction of sp³-hybridized carbons (Fsp3) is 0.192. The molecule has 3 heterocycles. The molecule has 0 aliphatic carbocycles. The first-order chi connectivity index (χ1) is 16.6. The summed E-state index contributed by atoms with van der Waals surface area (Å²) in [6.07, 6.45) is 2.31. The summed E-state index contributed by atoms with van der Waals surface area (Å²) in [6.45, 7) is 3.18. The maximum Gasteiger partial charge on any atom is 0.407 e. The zero-order valence-corrected chi connectivity index (χ0v) is 18.5. The number of rotatable bonds is 5. The molecule has 172 valence electrons. The molecule has 1 aliphatic rings. The first kappa shape index (κ1) is 21.7. The van der Waals surface area contributed by atoms with E-state index in [0.29, 0.717) is 43.2 Å². The van der Waals surface area contributed by atoms with Gasteiger partial charge in [-0.05, 0) is 42.0 Å². The summed E-state index contributed by atoms with van der Waals surface area (Å²) in [5.41, 5.74) is 3.87. The monoisotopic (exact) mass is 456 g/mol. The lowest BCUT2D eigenvalue weighted by Crippen LogP contribution is -2.47. The van der Waals surface area contributed by atoms with Crippen LogP contribution in [0.1, 0.15) is 15.9 Å². The lowest BCUT2D eigenvalue weighted by atomic mass is 10.1. The highest BCUT2D eigenvalue weighted by Crippen LogP contribution is 2.33. The van der Waals surface area contributed by atoms with Crippen molar-refractivity contribution in [2.75, 3.05) is 31.5 Å². The summed E-state index contributed by atoms with van der Waals surface area (Å²) in [7, 11) is 0. The van der Waals surface area contributed by atoms with E-state index in [4.69, 9.17) is 9.52 Å². The van der Waals surface area contributed by atoms with E-state index in [1.54, 1.807) is 24.5 Å². The summed E-state index contributed by atoms with van der Waals surface area (Å²) in [5, 5.41) is 13.1. The molecule has 1 saturated heterocycles. The molecule has 2 aromatic heterocycles. The van der Waals surface area contributed by atoms with Crippen molar-refractivity contribution in [2.45, 2.75) is 6.54 Å². The van der Waals surface area contributed by atoms with Crippen LogP contribution in [0.5, 0.6) is 0 Å². The number of nitrogens with zero attached hydrogens (tertiary/aromatic N) is 3. The molecule has 1 aliphatic heterocycles. The summed E-state index contributed by atoms with van der Waals surface area (Å²) in [4.78, 5) is 31.4. The van der Waals surface area contributed by atoms with E-state index in [-0.39, 0.29) is 5.91 Å². The topological polar surface area (TPSA) is 98.9 Å². The Bertz CT molecular complexity index is 1330. The van der Waals surface area contributed by atoms with Gasteiger partial charge in [0.25, 0.3) is 5.91 Å². The van der Waals surface area contributed by atoms with Crippen LogP contribution >= 0.6 is 0 Å². The number of carbonyl (C=O) groups excluding carboxylic acids is 1. The Morgan fingerprint density at radius 3 is 2.50 bits per heavy atom. The zero-order chi connectivity index (χ0) is 23.5. The Balaban J connectivity index is 1.34. The molecule has 8 nitrogen and oxygen atoms in total. The maximum absolute atomic E-state index is 12.7. The number of hydrogen-bond donors (Lipinski definition) is 2. The van der Waals surface area contributed by atoms with Crippen LogP contribution in [0.15, 0.2) is 77.5 Å². The van der Waals surface area contributed by atoms with E-state index >= 15 is 0 Å². The van der Waals surface area contributed by atoms with Crippen molar-refractivity contribution in [1.82, 2.24) is 14.8 Å². The molecule has 0 atom stereocenters. The minimum Gasteiger partial charge on any atom is -0.465 e. The van der Waals surface area contributed by atoms with Crippen LogP contribution in [0, 0.1) is 0 Å². The van der Waals surface area contributed by atoms with Gasteiger partial charge in [0.15, 0.2) is 0 Å². The molecule has 5 rings (SSSR count). The first-order valence-electron chi connectivity index (χ1n) is 11.1. The number of hydrogen-bond acceptors (Lipinski definition) is 5. The third kappa shape index (κ3) is 4.62. The lowest BCUT2D eigenvalue weighted by molar-refractivity contribution is 0.102. The smallest absolute Gasteiger partial charge is 0.407 e. The number of carboxylic acid groups (broad SMARTS) is 1. The number of carbonyl (C=O) groups is 2. The van der Waals surface area contributed by atoms with Crippen LogP contribution in [-0.4, -0.2) is 58.1 Å². The van der Waals surface area contributed by atoms with Crippen LogP contribution < -0.4 is 5.32 Å². The predicted octanol–water partition coefficient (Wildman–Crippen LogP) is 4.54. The van der Waals surface area contributed by atoms with Crippen molar-refractivity contribution in [3.05, 3.63) is 84.2 Å². The fourth-order valence-electron chi connectivity index (χ4n) is 4.17. The maximum atomic E-state index is 12.7. The Kier molecular flexibility index (Phi) is 5.97. The second-order valence-electron chi connectivity index (χ2n) is 8.26. The number of nitrogens with one attached hydrogen (secondary N) is 1. The molecular formula is C26H24N4O4. The number of amides is 2. The van der Waals surface area contributed by atoms with Gasteiger partial charge in [0, 0.05) is 61.6 Å². The normalized spacial score (nSPS) is 14.3. The Hall–Kier alpha value is -4.17. The van der Waals surface area contributed by atoms with Gasteiger partial charge >= 0.3 is 6.09 Å². The Morgan fingerprint density at radius 1 is 0.971 bits per heavy atom. The molecule has 2 amide bonds. The van der Waals surface area contributed by atoms with Crippen LogP contribution in [0.3, 0.4) is 0 Å². The van der Waals surface area contributed by atoms with E-state index < -0.39 is 6.09 Å². The van der Waals surface area contributed by atoms with E-state index in [2.05, 4.69) is 21.3 Å². The average Bonchev–Trinajstić information content (AvgIpc) is 3.28. The molecule has 0 spiro atoms. The Morgan fingerprint density at radius 2 is 1.74 bits per heavy atom. The Labute approximate surface area is 196 Å².